The second-order valence-electron chi connectivity index (χ2n) is 9.62. The molecule has 34 heavy (non-hydrogen) atoms. The Hall–Kier alpha value is -3.61. The number of rotatable bonds is 3. The molecule has 2 aliphatic rings. The molecular weight excluding hydrogens is 430 g/mol. The first kappa shape index (κ1) is 21.0. The van der Waals surface area contributed by atoms with E-state index in [-0.39, 0.29) is 17.9 Å². The molecule has 1 fully saturated rings. The molecule has 0 radical (unpaired) electrons. The number of hydrogen-bond donors (Lipinski definition) is 2. The second-order valence-corrected chi connectivity index (χ2v) is 9.62. The third kappa shape index (κ3) is 3.65. The molecule has 1 amide bonds. The highest BCUT2D eigenvalue weighted by atomic mass is 16.5. The van der Waals surface area contributed by atoms with E-state index in [0.717, 1.165) is 59.0 Å². The number of aromatic amines is 1. The molecule has 1 aliphatic heterocycles. The van der Waals surface area contributed by atoms with Gasteiger partial charge in [0.05, 0.1) is 23.0 Å². The van der Waals surface area contributed by atoms with Crippen molar-refractivity contribution >= 4 is 33.9 Å². The number of H-pyrrole nitrogens is 1. The van der Waals surface area contributed by atoms with Crippen LogP contribution in [0, 0.1) is 6.92 Å². The highest BCUT2D eigenvalue weighted by molar-refractivity contribution is 5.93. The van der Waals surface area contributed by atoms with Crippen molar-refractivity contribution in [2.24, 2.45) is 0 Å². The summed E-state index contributed by atoms with van der Waals surface area (Å²) in [6.45, 7) is 1.88. The van der Waals surface area contributed by atoms with Crippen LogP contribution in [-0.4, -0.2) is 21.5 Å². The van der Waals surface area contributed by atoms with Crippen LogP contribution >= 0.6 is 0 Å². The van der Waals surface area contributed by atoms with Crippen molar-refractivity contribution in [1.29, 1.82) is 0 Å². The number of nitrogens with one attached hydrogen (secondary N) is 2. The number of imidazole rings is 1. The quantitative estimate of drug-likeness (QED) is 0.413. The van der Waals surface area contributed by atoms with Gasteiger partial charge in [0.1, 0.15) is 16.9 Å². The molecule has 2 aromatic carbocycles. The monoisotopic (exact) mass is 457 g/mol. The van der Waals surface area contributed by atoms with Gasteiger partial charge in [-0.05, 0) is 74.8 Å². The van der Waals surface area contributed by atoms with Gasteiger partial charge in [0.2, 0.25) is 11.9 Å². The summed E-state index contributed by atoms with van der Waals surface area (Å²) in [5.74, 6) is 0.866. The molecule has 0 unspecified atom stereocenters. The predicted octanol–water partition coefficient (Wildman–Crippen LogP) is 5.19. The standard InChI is InChI=1S/C27H27N3O4/c1-16-18-13-17-9-12-27(10-5-2-6-11-27)34-22(17)15-23(18)33-25(32)19(16)14-24(31)30-26-28-20-7-3-4-8-21(20)29-26/h3-4,7-8,13,15H,2,5-6,9-12,14H2,1H3,(H2,28,29,30,31). The normalized spacial score (nSPS) is 17.0. The maximum atomic E-state index is 12.8. The lowest BCUT2D eigenvalue weighted by Gasteiger charge is -2.41. The van der Waals surface area contributed by atoms with Crippen molar-refractivity contribution in [3.8, 4) is 5.75 Å². The third-order valence-corrected chi connectivity index (χ3v) is 7.39. The highest BCUT2D eigenvalue weighted by Gasteiger charge is 2.37. The van der Waals surface area contributed by atoms with Gasteiger partial charge in [0.25, 0.3) is 0 Å². The van der Waals surface area contributed by atoms with Crippen molar-refractivity contribution in [3.63, 3.8) is 0 Å². The van der Waals surface area contributed by atoms with Crippen LogP contribution in [0.3, 0.4) is 0 Å². The summed E-state index contributed by atoms with van der Waals surface area (Å²) in [5.41, 5.74) is 3.82. The highest BCUT2D eigenvalue weighted by Crippen LogP contribution is 2.43. The number of ether oxygens (including phenoxy) is 1. The van der Waals surface area contributed by atoms with Crippen LogP contribution in [0.5, 0.6) is 5.75 Å². The SMILES string of the molecule is Cc1c(CC(=O)Nc2nc3ccccc3[nH]2)c(=O)oc2cc3c(cc12)CCC1(CCCCC1)O3. The summed E-state index contributed by atoms with van der Waals surface area (Å²) >= 11 is 0. The zero-order valence-electron chi connectivity index (χ0n) is 19.2. The van der Waals surface area contributed by atoms with Gasteiger partial charge in [-0.25, -0.2) is 9.78 Å². The summed E-state index contributed by atoms with van der Waals surface area (Å²) in [6, 6.07) is 11.5. The van der Waals surface area contributed by atoms with Crippen molar-refractivity contribution in [2.45, 2.75) is 63.9 Å². The van der Waals surface area contributed by atoms with Crippen LogP contribution in [-0.2, 0) is 17.6 Å². The van der Waals surface area contributed by atoms with E-state index in [4.69, 9.17) is 9.15 Å². The van der Waals surface area contributed by atoms with Crippen LogP contribution in [0.2, 0.25) is 0 Å². The lowest BCUT2D eigenvalue weighted by atomic mass is 9.79. The first-order valence-corrected chi connectivity index (χ1v) is 12.0. The topological polar surface area (TPSA) is 97.2 Å². The maximum Gasteiger partial charge on any atom is 0.340 e. The third-order valence-electron chi connectivity index (χ3n) is 7.39. The van der Waals surface area contributed by atoms with E-state index in [1.807, 2.05) is 37.3 Å². The van der Waals surface area contributed by atoms with Crippen LogP contribution in [0.1, 0.15) is 55.2 Å². The van der Waals surface area contributed by atoms with Gasteiger partial charge in [-0.3, -0.25) is 10.1 Å². The Balaban J connectivity index is 1.28. The molecule has 0 saturated heterocycles. The molecule has 0 bridgehead atoms. The Labute approximate surface area is 196 Å². The molecule has 4 aromatic rings. The molecule has 2 N–H and O–H groups in total. The van der Waals surface area contributed by atoms with E-state index in [9.17, 15) is 9.59 Å². The van der Waals surface area contributed by atoms with Gasteiger partial charge >= 0.3 is 5.63 Å². The van der Waals surface area contributed by atoms with Crippen LogP contribution in [0.15, 0.2) is 45.6 Å². The minimum absolute atomic E-state index is 0.0665. The Morgan fingerprint density at radius 1 is 1.15 bits per heavy atom. The second kappa shape index (κ2) is 8.01. The summed E-state index contributed by atoms with van der Waals surface area (Å²) < 4.78 is 12.2. The minimum Gasteiger partial charge on any atom is -0.487 e. The zero-order valence-corrected chi connectivity index (χ0v) is 19.2. The van der Waals surface area contributed by atoms with E-state index in [0.29, 0.717) is 17.1 Å². The summed E-state index contributed by atoms with van der Waals surface area (Å²) in [7, 11) is 0. The average molecular weight is 458 g/mol. The Bertz CT molecular complexity index is 1440. The van der Waals surface area contributed by atoms with Gasteiger partial charge < -0.3 is 14.1 Å². The number of para-hydroxylation sites is 2. The Morgan fingerprint density at radius 3 is 2.79 bits per heavy atom. The largest absolute Gasteiger partial charge is 0.487 e. The number of aryl methyl sites for hydroxylation is 2. The number of amides is 1. The Kier molecular flexibility index (Phi) is 4.94. The molecule has 6 rings (SSSR count). The zero-order chi connectivity index (χ0) is 23.3. The summed E-state index contributed by atoms with van der Waals surface area (Å²) in [4.78, 5) is 33.0. The van der Waals surface area contributed by atoms with Crippen molar-refractivity contribution in [1.82, 2.24) is 9.97 Å². The van der Waals surface area contributed by atoms with E-state index in [1.54, 1.807) is 0 Å². The van der Waals surface area contributed by atoms with Gasteiger partial charge in [-0.1, -0.05) is 18.6 Å². The number of hydrogen-bond acceptors (Lipinski definition) is 5. The fraction of sp³-hybridized carbons (Fsp3) is 0.370. The molecule has 3 heterocycles. The minimum atomic E-state index is -0.493. The lowest BCUT2D eigenvalue weighted by Crippen LogP contribution is -2.41. The number of fused-ring (bicyclic) bond motifs is 3. The van der Waals surface area contributed by atoms with Crippen molar-refractivity contribution < 1.29 is 13.9 Å². The first-order chi connectivity index (χ1) is 16.5. The van der Waals surface area contributed by atoms with Crippen LogP contribution in [0.25, 0.3) is 22.0 Å². The maximum absolute atomic E-state index is 12.8. The molecule has 2 aromatic heterocycles. The first-order valence-electron chi connectivity index (χ1n) is 12.0. The van der Waals surface area contributed by atoms with Gasteiger partial charge in [0, 0.05) is 11.5 Å². The molecule has 7 heteroatoms. The van der Waals surface area contributed by atoms with Crippen LogP contribution in [0.4, 0.5) is 5.95 Å². The summed E-state index contributed by atoms with van der Waals surface area (Å²) in [5, 5.41) is 3.61. The Morgan fingerprint density at radius 2 is 1.97 bits per heavy atom. The molecule has 1 spiro atoms. The average Bonchev–Trinajstić information content (AvgIpc) is 3.23. The number of nitrogens with zero attached hydrogens (tertiary/aromatic N) is 1. The molecule has 174 valence electrons. The fourth-order valence-electron chi connectivity index (χ4n) is 5.50. The number of carbonyl (C=O) groups excluding carboxylic acids is 1. The number of anilines is 1. The van der Waals surface area contributed by atoms with E-state index >= 15 is 0 Å². The number of benzene rings is 2. The number of carbonyl (C=O) groups is 1. The molecule has 1 aliphatic carbocycles. The molecular formula is C27H27N3O4. The molecule has 1 saturated carbocycles. The van der Waals surface area contributed by atoms with Gasteiger partial charge in [0.15, 0.2) is 0 Å². The van der Waals surface area contributed by atoms with E-state index in [2.05, 4.69) is 21.4 Å². The summed E-state index contributed by atoms with van der Waals surface area (Å²) in [6.07, 6.45) is 7.75. The lowest BCUT2D eigenvalue weighted by molar-refractivity contribution is -0.115. The van der Waals surface area contributed by atoms with Crippen LogP contribution < -0.4 is 15.7 Å². The smallest absolute Gasteiger partial charge is 0.340 e. The van der Waals surface area contributed by atoms with E-state index < -0.39 is 5.63 Å². The fourth-order valence-corrected chi connectivity index (χ4v) is 5.50. The van der Waals surface area contributed by atoms with E-state index in [1.165, 1.54) is 19.3 Å². The molecule has 7 nitrogen and oxygen atoms in total. The predicted molar refractivity (Wildman–Crippen MR) is 130 cm³/mol. The number of aromatic nitrogens is 2. The van der Waals surface area contributed by atoms with Gasteiger partial charge in [-0.15, -0.1) is 0 Å². The van der Waals surface area contributed by atoms with Crippen molar-refractivity contribution in [2.75, 3.05) is 5.32 Å². The molecule has 0 atom stereocenters. The van der Waals surface area contributed by atoms with Gasteiger partial charge in [-0.2, -0.15) is 0 Å². The van der Waals surface area contributed by atoms with Crippen molar-refractivity contribution in [3.05, 3.63) is 63.5 Å².